The summed E-state index contributed by atoms with van der Waals surface area (Å²) in [5.41, 5.74) is 4.14. The first-order valence-electron chi connectivity index (χ1n) is 12.4. The zero-order valence-electron chi connectivity index (χ0n) is 19.8. The average molecular weight is 494 g/mol. The Balaban J connectivity index is 1.34. The molecule has 5 rings (SSSR count). The molecule has 0 unspecified atom stereocenters. The molecule has 1 aromatic heterocycles. The van der Waals surface area contributed by atoms with E-state index >= 15 is 0 Å². The fourth-order valence-electron chi connectivity index (χ4n) is 4.26. The van der Waals surface area contributed by atoms with Gasteiger partial charge in [-0.05, 0) is 79.3 Å². The molecule has 0 spiro atoms. The summed E-state index contributed by atoms with van der Waals surface area (Å²) >= 11 is 8.46. The number of hydrogen-bond acceptors (Lipinski definition) is 4. The summed E-state index contributed by atoms with van der Waals surface area (Å²) in [6.45, 7) is 2.74. The summed E-state index contributed by atoms with van der Waals surface area (Å²) in [4.78, 5) is 5.73. The van der Waals surface area contributed by atoms with Crippen LogP contribution in [0.15, 0.2) is 65.8 Å². The molecule has 34 heavy (non-hydrogen) atoms. The number of aromatic nitrogens is 1. The number of rotatable bonds is 12. The molecule has 2 aliphatic carbocycles. The van der Waals surface area contributed by atoms with Crippen LogP contribution in [0.25, 0.3) is 11.1 Å². The third kappa shape index (κ3) is 5.62. The fourth-order valence-corrected chi connectivity index (χ4v) is 5.41. The van der Waals surface area contributed by atoms with E-state index in [0.29, 0.717) is 12.7 Å². The van der Waals surface area contributed by atoms with E-state index < -0.39 is 0 Å². The minimum atomic E-state index is -0.316. The second kappa shape index (κ2) is 10.7. The quantitative estimate of drug-likeness (QED) is 0.187. The molecule has 0 bridgehead atoms. The minimum absolute atomic E-state index is 0.316. The van der Waals surface area contributed by atoms with Gasteiger partial charge in [0, 0.05) is 33.4 Å². The van der Waals surface area contributed by atoms with Gasteiger partial charge in [0.2, 0.25) is 0 Å². The van der Waals surface area contributed by atoms with Gasteiger partial charge in [0.05, 0.1) is 18.3 Å². The number of thioether (sulfide) groups is 1. The van der Waals surface area contributed by atoms with Crippen molar-refractivity contribution < 1.29 is 9.47 Å². The molecule has 0 saturated heterocycles. The van der Waals surface area contributed by atoms with Crippen LogP contribution in [0.1, 0.15) is 63.0 Å². The zero-order chi connectivity index (χ0) is 23.4. The van der Waals surface area contributed by atoms with Crippen LogP contribution in [0.2, 0.25) is 5.02 Å². The van der Waals surface area contributed by atoms with Crippen LogP contribution in [0, 0.1) is 0 Å². The third-order valence-electron chi connectivity index (χ3n) is 6.55. The van der Waals surface area contributed by atoms with Gasteiger partial charge < -0.3 is 9.47 Å². The van der Waals surface area contributed by atoms with Crippen LogP contribution >= 0.6 is 23.4 Å². The number of ether oxygens (including phenoxy) is 2. The number of halogens is 1. The van der Waals surface area contributed by atoms with Crippen molar-refractivity contribution in [3.63, 3.8) is 0 Å². The normalized spacial score (nSPS) is 16.4. The van der Waals surface area contributed by atoms with E-state index in [1.807, 2.05) is 36.3 Å². The highest BCUT2D eigenvalue weighted by atomic mass is 35.5. The number of pyridine rings is 1. The molecular weight excluding hydrogens is 462 g/mol. The van der Waals surface area contributed by atoms with Gasteiger partial charge in [0.15, 0.2) is 0 Å². The highest BCUT2D eigenvalue weighted by Crippen LogP contribution is 2.53. The Bertz CT molecular complexity index is 1130. The first-order valence-corrected chi connectivity index (χ1v) is 13.8. The third-order valence-corrected chi connectivity index (χ3v) is 8.00. The van der Waals surface area contributed by atoms with Gasteiger partial charge >= 0.3 is 0 Å². The smallest absolute Gasteiger partial charge is 0.127 e. The van der Waals surface area contributed by atoms with Crippen LogP contribution in [0.5, 0.6) is 5.75 Å². The molecule has 2 fully saturated rings. The van der Waals surface area contributed by atoms with Gasteiger partial charge in [-0.15, -0.1) is 11.8 Å². The lowest BCUT2D eigenvalue weighted by atomic mass is 9.96. The van der Waals surface area contributed by atoms with Gasteiger partial charge in [-0.1, -0.05) is 49.6 Å². The van der Waals surface area contributed by atoms with Crippen molar-refractivity contribution in [2.75, 3.05) is 5.75 Å². The van der Waals surface area contributed by atoms with Crippen LogP contribution in [0.4, 0.5) is 0 Å². The monoisotopic (exact) mass is 493 g/mol. The summed E-state index contributed by atoms with van der Waals surface area (Å²) in [5, 5.41) is 0.767. The first kappa shape index (κ1) is 23.7. The Morgan fingerprint density at radius 3 is 2.71 bits per heavy atom. The highest BCUT2D eigenvalue weighted by molar-refractivity contribution is 7.99. The van der Waals surface area contributed by atoms with E-state index in [4.69, 9.17) is 21.1 Å². The summed E-state index contributed by atoms with van der Waals surface area (Å²) < 4.78 is 12.8. The van der Waals surface area contributed by atoms with Gasteiger partial charge in [0.25, 0.3) is 0 Å². The molecule has 5 heteroatoms. The maximum Gasteiger partial charge on any atom is 0.127 e. The Morgan fingerprint density at radius 2 is 1.91 bits per heavy atom. The van der Waals surface area contributed by atoms with Crippen molar-refractivity contribution in [2.45, 2.75) is 75.1 Å². The SMILES string of the molecule is CCCCCSc1ccc(Cl)c(COC2(c3cnccc3-c3ccccc3OC3CC3)CC2)c1. The van der Waals surface area contributed by atoms with E-state index in [0.717, 1.165) is 64.5 Å². The fraction of sp³-hybridized carbons (Fsp3) is 0.414. The van der Waals surface area contributed by atoms with Crippen molar-refractivity contribution in [1.82, 2.24) is 4.98 Å². The topological polar surface area (TPSA) is 31.4 Å². The molecule has 2 aromatic carbocycles. The zero-order valence-corrected chi connectivity index (χ0v) is 21.3. The number of nitrogens with zero attached hydrogens (tertiary/aromatic N) is 1. The van der Waals surface area contributed by atoms with Crippen molar-refractivity contribution in [1.29, 1.82) is 0 Å². The second-order valence-electron chi connectivity index (χ2n) is 9.33. The molecule has 0 aliphatic heterocycles. The molecule has 0 N–H and O–H groups in total. The minimum Gasteiger partial charge on any atom is -0.490 e. The van der Waals surface area contributed by atoms with Crippen LogP contribution in [-0.2, 0) is 16.9 Å². The molecular formula is C29H32ClNO2S. The molecule has 0 atom stereocenters. The Hall–Kier alpha value is -2.01. The lowest BCUT2D eigenvalue weighted by Gasteiger charge is -2.22. The molecule has 178 valence electrons. The molecule has 2 aliphatic rings. The van der Waals surface area contributed by atoms with Gasteiger partial charge in [-0.25, -0.2) is 0 Å². The standard InChI is InChI=1S/C29H32ClNO2S/c1-2-3-6-17-34-23-11-12-27(30)21(18-23)20-32-29(14-15-29)26-19-31-16-13-24(26)25-7-4-5-8-28(25)33-22-9-10-22/h4-5,7-8,11-13,16,18-19,22H,2-3,6,9-10,14-15,17,20H2,1H3. The number of para-hydroxylation sites is 1. The lowest BCUT2D eigenvalue weighted by molar-refractivity contribution is 0.0173. The van der Waals surface area contributed by atoms with Crippen LogP contribution in [-0.4, -0.2) is 16.8 Å². The predicted octanol–water partition coefficient (Wildman–Crippen LogP) is 8.43. The van der Waals surface area contributed by atoms with Gasteiger partial charge in [-0.3, -0.25) is 4.98 Å². The van der Waals surface area contributed by atoms with E-state index in [-0.39, 0.29) is 5.60 Å². The first-order chi connectivity index (χ1) is 16.7. The average Bonchev–Trinajstić information content (AvgIpc) is 3.80. The van der Waals surface area contributed by atoms with E-state index in [9.17, 15) is 0 Å². The molecule has 1 heterocycles. The van der Waals surface area contributed by atoms with Gasteiger partial charge in [-0.2, -0.15) is 0 Å². The molecule has 0 radical (unpaired) electrons. The Labute approximate surface area is 212 Å². The van der Waals surface area contributed by atoms with Crippen molar-refractivity contribution in [3.8, 4) is 16.9 Å². The van der Waals surface area contributed by atoms with Crippen molar-refractivity contribution in [3.05, 3.63) is 77.1 Å². The van der Waals surface area contributed by atoms with E-state index in [1.165, 1.54) is 24.2 Å². The van der Waals surface area contributed by atoms with Gasteiger partial charge in [0.1, 0.15) is 5.75 Å². The van der Waals surface area contributed by atoms with Crippen molar-refractivity contribution in [2.24, 2.45) is 0 Å². The number of unbranched alkanes of at least 4 members (excludes halogenated alkanes) is 2. The van der Waals surface area contributed by atoms with Crippen LogP contribution < -0.4 is 4.74 Å². The largest absolute Gasteiger partial charge is 0.490 e. The van der Waals surface area contributed by atoms with Crippen molar-refractivity contribution >= 4 is 23.4 Å². The van der Waals surface area contributed by atoms with E-state index in [1.54, 1.807) is 0 Å². The number of hydrogen-bond donors (Lipinski definition) is 0. The second-order valence-corrected chi connectivity index (χ2v) is 10.9. The molecule has 0 amide bonds. The lowest BCUT2D eigenvalue weighted by Crippen LogP contribution is -2.14. The number of benzene rings is 2. The summed E-state index contributed by atoms with van der Waals surface area (Å²) in [6.07, 6.45) is 12.2. The molecule has 2 saturated carbocycles. The maximum absolute atomic E-state index is 6.61. The molecule has 3 nitrogen and oxygen atoms in total. The highest BCUT2D eigenvalue weighted by Gasteiger charge is 2.47. The summed E-state index contributed by atoms with van der Waals surface area (Å²) in [7, 11) is 0. The summed E-state index contributed by atoms with van der Waals surface area (Å²) in [5.74, 6) is 2.09. The van der Waals surface area contributed by atoms with E-state index in [2.05, 4.69) is 48.3 Å². The Morgan fingerprint density at radius 1 is 1.06 bits per heavy atom. The summed E-state index contributed by atoms with van der Waals surface area (Å²) in [6, 6.07) is 16.7. The Kier molecular flexibility index (Phi) is 7.48. The predicted molar refractivity (Wildman–Crippen MR) is 141 cm³/mol. The van der Waals surface area contributed by atoms with Crippen LogP contribution in [0.3, 0.4) is 0 Å². The maximum atomic E-state index is 6.61. The molecule has 3 aromatic rings.